The zero-order valence-electron chi connectivity index (χ0n) is 11.3. The van der Waals surface area contributed by atoms with Gasteiger partial charge in [0.15, 0.2) is 0 Å². The van der Waals surface area contributed by atoms with Gasteiger partial charge in [-0.3, -0.25) is 9.78 Å². The van der Waals surface area contributed by atoms with Crippen LogP contribution in [0.15, 0.2) is 59.6 Å². The number of carbonyl (C=O) groups is 1. The molecule has 3 aromatic heterocycles. The molecule has 106 valence electrons. The zero-order chi connectivity index (χ0) is 14.5. The van der Waals surface area contributed by atoms with Crippen molar-refractivity contribution in [3.8, 4) is 0 Å². The van der Waals surface area contributed by atoms with Crippen molar-refractivity contribution < 1.29 is 4.79 Å². The Morgan fingerprint density at radius 3 is 2.14 bits per heavy atom. The first kappa shape index (κ1) is 14.0. The number of rotatable bonds is 5. The van der Waals surface area contributed by atoms with E-state index in [1.54, 1.807) is 41.1 Å². The first-order valence-electron chi connectivity index (χ1n) is 6.57. The molecule has 0 aliphatic rings. The van der Waals surface area contributed by atoms with Crippen LogP contribution in [0.4, 0.5) is 0 Å². The summed E-state index contributed by atoms with van der Waals surface area (Å²) in [5, 5.41) is 4.07. The average Bonchev–Trinajstić information content (AvgIpc) is 3.20. The number of hydrogen-bond acceptors (Lipinski definition) is 4. The van der Waals surface area contributed by atoms with E-state index in [1.165, 1.54) is 9.75 Å². The van der Waals surface area contributed by atoms with E-state index in [9.17, 15) is 4.79 Å². The molecule has 0 fully saturated rings. The summed E-state index contributed by atoms with van der Waals surface area (Å²) in [6, 6.07) is 11.7. The summed E-state index contributed by atoms with van der Waals surface area (Å²) in [7, 11) is 0. The lowest BCUT2D eigenvalue weighted by Crippen LogP contribution is -2.29. The molecule has 3 rings (SSSR count). The molecule has 0 aromatic carbocycles. The summed E-state index contributed by atoms with van der Waals surface area (Å²) in [5.41, 5.74) is 0.630. The molecule has 3 aromatic rings. The van der Waals surface area contributed by atoms with Crippen molar-refractivity contribution in [2.45, 2.75) is 13.1 Å². The van der Waals surface area contributed by atoms with Gasteiger partial charge in [0.25, 0.3) is 5.91 Å². The van der Waals surface area contributed by atoms with Crippen LogP contribution in [0, 0.1) is 0 Å². The van der Waals surface area contributed by atoms with Crippen molar-refractivity contribution >= 4 is 28.6 Å². The number of carbonyl (C=O) groups excluding carboxylic acids is 1. The lowest BCUT2D eigenvalue weighted by atomic mass is 10.2. The van der Waals surface area contributed by atoms with Crippen molar-refractivity contribution in [3.63, 3.8) is 0 Å². The Kier molecular flexibility index (Phi) is 4.43. The molecule has 1 amide bonds. The quantitative estimate of drug-likeness (QED) is 0.712. The van der Waals surface area contributed by atoms with E-state index in [-0.39, 0.29) is 5.91 Å². The van der Waals surface area contributed by atoms with Crippen molar-refractivity contribution in [2.24, 2.45) is 0 Å². The normalized spacial score (nSPS) is 10.5. The van der Waals surface area contributed by atoms with Gasteiger partial charge >= 0.3 is 0 Å². The summed E-state index contributed by atoms with van der Waals surface area (Å²) in [6.45, 7) is 1.26. The average molecular weight is 314 g/mol. The molecule has 0 saturated carbocycles. The maximum absolute atomic E-state index is 12.7. The lowest BCUT2D eigenvalue weighted by Gasteiger charge is -2.21. The van der Waals surface area contributed by atoms with Gasteiger partial charge in [0.2, 0.25) is 0 Å². The molecule has 0 aliphatic heterocycles. The van der Waals surface area contributed by atoms with Crippen LogP contribution in [0.1, 0.15) is 20.1 Å². The number of amides is 1. The van der Waals surface area contributed by atoms with Gasteiger partial charge < -0.3 is 4.90 Å². The predicted octanol–water partition coefficient (Wildman–Crippen LogP) is 4.05. The monoisotopic (exact) mass is 314 g/mol. The highest BCUT2D eigenvalue weighted by atomic mass is 32.1. The molecule has 0 aliphatic carbocycles. The minimum atomic E-state index is 0.0184. The van der Waals surface area contributed by atoms with Crippen molar-refractivity contribution in [1.29, 1.82) is 0 Å². The van der Waals surface area contributed by atoms with Crippen LogP contribution in [0.3, 0.4) is 0 Å². The van der Waals surface area contributed by atoms with Crippen LogP contribution in [0.2, 0.25) is 0 Å². The Bertz CT molecular complexity index is 642. The zero-order valence-corrected chi connectivity index (χ0v) is 12.9. The standard InChI is InChI=1S/C16H14N2OS2/c19-16(13-4-1-7-17-10-13)18(11-14-5-2-8-20-14)12-15-6-3-9-21-15/h1-10H,11-12H2. The third-order valence-corrected chi connectivity index (χ3v) is 4.77. The predicted molar refractivity (Wildman–Crippen MR) is 86.5 cm³/mol. The highest BCUT2D eigenvalue weighted by Gasteiger charge is 2.17. The molecule has 3 heterocycles. The first-order chi connectivity index (χ1) is 10.3. The Hall–Kier alpha value is -1.98. The van der Waals surface area contributed by atoms with Crippen molar-refractivity contribution in [3.05, 3.63) is 74.9 Å². The van der Waals surface area contributed by atoms with Crippen LogP contribution in [-0.4, -0.2) is 15.8 Å². The van der Waals surface area contributed by atoms with E-state index < -0.39 is 0 Å². The van der Waals surface area contributed by atoms with Gasteiger partial charge in [-0.05, 0) is 35.0 Å². The van der Waals surface area contributed by atoms with E-state index in [0.29, 0.717) is 18.7 Å². The number of aromatic nitrogens is 1. The second-order valence-corrected chi connectivity index (χ2v) is 6.63. The maximum atomic E-state index is 12.7. The van der Waals surface area contributed by atoms with E-state index >= 15 is 0 Å². The lowest BCUT2D eigenvalue weighted by molar-refractivity contribution is 0.0733. The Morgan fingerprint density at radius 2 is 1.67 bits per heavy atom. The van der Waals surface area contributed by atoms with Crippen molar-refractivity contribution in [2.75, 3.05) is 0 Å². The van der Waals surface area contributed by atoms with Gasteiger partial charge in [-0.1, -0.05) is 12.1 Å². The van der Waals surface area contributed by atoms with Crippen LogP contribution >= 0.6 is 22.7 Å². The third-order valence-electron chi connectivity index (χ3n) is 3.05. The van der Waals surface area contributed by atoms with Crippen molar-refractivity contribution in [1.82, 2.24) is 9.88 Å². The Balaban J connectivity index is 1.82. The third kappa shape index (κ3) is 3.56. The van der Waals surface area contributed by atoms with Crippen LogP contribution in [-0.2, 0) is 13.1 Å². The Labute approximate surface area is 131 Å². The summed E-state index contributed by atoms with van der Waals surface area (Å²) < 4.78 is 0. The molecule has 0 N–H and O–H groups in total. The fourth-order valence-corrected chi connectivity index (χ4v) is 3.49. The van der Waals surface area contributed by atoms with E-state index in [0.717, 1.165) is 0 Å². The summed E-state index contributed by atoms with van der Waals surface area (Å²) in [6.07, 6.45) is 3.30. The molecule has 0 atom stereocenters. The fourth-order valence-electron chi connectivity index (χ4n) is 2.05. The van der Waals surface area contributed by atoms with Gasteiger partial charge in [-0.2, -0.15) is 0 Å². The minimum absolute atomic E-state index is 0.0184. The highest BCUT2D eigenvalue weighted by molar-refractivity contribution is 7.10. The molecule has 0 saturated heterocycles. The molecule has 3 nitrogen and oxygen atoms in total. The molecule has 21 heavy (non-hydrogen) atoms. The van der Waals surface area contributed by atoms with Crippen LogP contribution < -0.4 is 0 Å². The van der Waals surface area contributed by atoms with Gasteiger partial charge in [0.1, 0.15) is 0 Å². The second kappa shape index (κ2) is 6.65. The topological polar surface area (TPSA) is 33.2 Å². The highest BCUT2D eigenvalue weighted by Crippen LogP contribution is 2.19. The maximum Gasteiger partial charge on any atom is 0.256 e. The smallest absolute Gasteiger partial charge is 0.256 e. The molecule has 0 bridgehead atoms. The number of nitrogens with zero attached hydrogens (tertiary/aromatic N) is 2. The minimum Gasteiger partial charge on any atom is -0.328 e. The molecular formula is C16H14N2OS2. The summed E-state index contributed by atoms with van der Waals surface area (Å²) >= 11 is 3.34. The largest absolute Gasteiger partial charge is 0.328 e. The summed E-state index contributed by atoms with van der Waals surface area (Å²) in [4.78, 5) is 21.0. The molecular weight excluding hydrogens is 300 g/mol. The Morgan fingerprint density at radius 1 is 1.00 bits per heavy atom. The SMILES string of the molecule is O=C(c1cccnc1)N(Cc1cccs1)Cc1cccs1. The van der Waals surface area contributed by atoms with Gasteiger partial charge in [-0.25, -0.2) is 0 Å². The van der Waals surface area contributed by atoms with E-state index in [4.69, 9.17) is 0 Å². The number of hydrogen-bond donors (Lipinski definition) is 0. The summed E-state index contributed by atoms with van der Waals surface area (Å²) in [5.74, 6) is 0.0184. The van der Waals surface area contributed by atoms with E-state index in [1.807, 2.05) is 33.9 Å². The first-order valence-corrected chi connectivity index (χ1v) is 8.33. The fraction of sp³-hybridized carbons (Fsp3) is 0.125. The molecule has 0 spiro atoms. The van der Waals surface area contributed by atoms with Gasteiger partial charge in [-0.15, -0.1) is 22.7 Å². The molecule has 0 unspecified atom stereocenters. The number of thiophene rings is 2. The van der Waals surface area contributed by atoms with Crippen LogP contribution in [0.25, 0.3) is 0 Å². The number of pyridine rings is 1. The molecule has 0 radical (unpaired) electrons. The molecule has 5 heteroatoms. The van der Waals surface area contributed by atoms with Crippen LogP contribution in [0.5, 0.6) is 0 Å². The van der Waals surface area contributed by atoms with Gasteiger partial charge in [0.05, 0.1) is 18.7 Å². The second-order valence-electron chi connectivity index (χ2n) is 4.56. The van der Waals surface area contributed by atoms with E-state index in [2.05, 4.69) is 17.1 Å². The van der Waals surface area contributed by atoms with Gasteiger partial charge in [0, 0.05) is 22.1 Å².